The molecular weight excluding hydrogens is 168 g/mol. The van der Waals surface area contributed by atoms with Crippen LogP contribution in [0.4, 0.5) is 0 Å². The quantitative estimate of drug-likeness (QED) is 0.602. The lowest BCUT2D eigenvalue weighted by atomic mass is 9.96. The number of rotatable bonds is 1. The Balaban J connectivity index is 2.88. The van der Waals surface area contributed by atoms with Crippen molar-refractivity contribution in [2.75, 3.05) is 27.2 Å². The summed E-state index contributed by atoms with van der Waals surface area (Å²) in [6.45, 7) is 4.74. The van der Waals surface area contributed by atoms with Gasteiger partial charge < -0.3 is 10.0 Å². The topological polar surface area (TPSA) is 43.8 Å². The average Bonchev–Trinajstić information content (AvgIpc) is 2.02. The van der Waals surface area contributed by atoms with Crippen LogP contribution in [-0.4, -0.2) is 59.6 Å². The maximum atomic E-state index is 11.6. The van der Waals surface area contributed by atoms with Crippen LogP contribution in [0.5, 0.6) is 0 Å². The molecular formula is C9H18N2O2. The van der Waals surface area contributed by atoms with Gasteiger partial charge in [0, 0.05) is 19.1 Å². The molecule has 4 heteroatoms. The third-order valence-electron chi connectivity index (χ3n) is 2.88. The predicted molar refractivity (Wildman–Crippen MR) is 50.4 cm³/mol. The fourth-order valence-corrected chi connectivity index (χ4v) is 1.81. The van der Waals surface area contributed by atoms with Crippen molar-refractivity contribution in [3.8, 4) is 0 Å². The molecule has 76 valence electrons. The summed E-state index contributed by atoms with van der Waals surface area (Å²) in [7, 11) is 3.66. The lowest BCUT2D eigenvalue weighted by Gasteiger charge is -2.47. The molecule has 0 saturated carbocycles. The number of aliphatic hydroxyl groups excluding tert-OH is 1. The third kappa shape index (κ3) is 1.69. The van der Waals surface area contributed by atoms with Gasteiger partial charge in [-0.05, 0) is 20.9 Å². The molecule has 4 nitrogen and oxygen atoms in total. The molecule has 0 aromatic carbocycles. The van der Waals surface area contributed by atoms with Crippen molar-refractivity contribution in [3.63, 3.8) is 0 Å². The van der Waals surface area contributed by atoms with E-state index < -0.39 is 0 Å². The molecule has 0 bridgehead atoms. The summed E-state index contributed by atoms with van der Waals surface area (Å²) in [5.74, 6) is 0.00400. The van der Waals surface area contributed by atoms with Crippen LogP contribution in [0.25, 0.3) is 0 Å². The molecule has 13 heavy (non-hydrogen) atoms. The Bertz CT molecular complexity index is 216. The Labute approximate surface area is 79.1 Å². The maximum absolute atomic E-state index is 11.6. The van der Waals surface area contributed by atoms with Gasteiger partial charge in [-0.3, -0.25) is 9.69 Å². The van der Waals surface area contributed by atoms with Crippen LogP contribution in [0.15, 0.2) is 0 Å². The number of piperazine rings is 1. The van der Waals surface area contributed by atoms with Gasteiger partial charge in [0.25, 0.3) is 0 Å². The van der Waals surface area contributed by atoms with Crippen LogP contribution in [0.1, 0.15) is 13.8 Å². The molecule has 1 saturated heterocycles. The zero-order chi connectivity index (χ0) is 10.2. The molecule has 1 aliphatic heterocycles. The first-order chi connectivity index (χ1) is 5.90. The molecule has 1 atom stereocenters. The van der Waals surface area contributed by atoms with E-state index >= 15 is 0 Å². The van der Waals surface area contributed by atoms with Gasteiger partial charge in [-0.25, -0.2) is 0 Å². The molecule has 1 rings (SSSR count). The minimum absolute atomic E-state index is 0.00400. The molecule has 0 aromatic rings. The van der Waals surface area contributed by atoms with Gasteiger partial charge in [-0.1, -0.05) is 0 Å². The van der Waals surface area contributed by atoms with E-state index in [0.717, 1.165) is 0 Å². The van der Waals surface area contributed by atoms with Crippen LogP contribution in [0, 0.1) is 0 Å². The van der Waals surface area contributed by atoms with E-state index in [4.69, 9.17) is 5.11 Å². The summed E-state index contributed by atoms with van der Waals surface area (Å²) in [5.41, 5.74) is -0.0595. The smallest absolute Gasteiger partial charge is 0.242 e. The van der Waals surface area contributed by atoms with Crippen molar-refractivity contribution in [1.82, 2.24) is 9.80 Å². The Hall–Kier alpha value is -0.610. The van der Waals surface area contributed by atoms with Gasteiger partial charge in [0.15, 0.2) is 0 Å². The second-order valence-corrected chi connectivity index (χ2v) is 4.32. The van der Waals surface area contributed by atoms with E-state index in [0.29, 0.717) is 6.54 Å². The summed E-state index contributed by atoms with van der Waals surface area (Å²) in [4.78, 5) is 15.2. The molecule has 0 spiro atoms. The summed E-state index contributed by atoms with van der Waals surface area (Å²) < 4.78 is 0. The van der Waals surface area contributed by atoms with Gasteiger partial charge in [0.2, 0.25) is 5.91 Å². The fourth-order valence-electron chi connectivity index (χ4n) is 1.81. The number of carbonyl (C=O) groups is 1. The SMILES string of the molecule is CN1CC(C)(C)N(C)C(CO)C1=O. The van der Waals surface area contributed by atoms with Crippen molar-refractivity contribution in [3.05, 3.63) is 0 Å². The van der Waals surface area contributed by atoms with Crippen molar-refractivity contribution in [2.45, 2.75) is 25.4 Å². The van der Waals surface area contributed by atoms with Crippen LogP contribution in [-0.2, 0) is 4.79 Å². The molecule has 1 unspecified atom stereocenters. The summed E-state index contributed by atoms with van der Waals surface area (Å²) in [5, 5.41) is 9.09. The molecule has 0 aliphatic carbocycles. The second-order valence-electron chi connectivity index (χ2n) is 4.32. The second kappa shape index (κ2) is 3.27. The Morgan fingerprint density at radius 1 is 1.54 bits per heavy atom. The van der Waals surface area contributed by atoms with Crippen molar-refractivity contribution in [1.29, 1.82) is 0 Å². The van der Waals surface area contributed by atoms with Gasteiger partial charge in [0.1, 0.15) is 6.04 Å². The monoisotopic (exact) mass is 186 g/mol. The van der Waals surface area contributed by atoms with Gasteiger partial charge in [-0.15, -0.1) is 0 Å². The molecule has 1 heterocycles. The first kappa shape index (κ1) is 10.5. The van der Waals surface area contributed by atoms with Gasteiger partial charge in [-0.2, -0.15) is 0 Å². The zero-order valence-corrected chi connectivity index (χ0v) is 8.74. The predicted octanol–water partition coefficient (Wildman–Crippen LogP) is -0.470. The highest BCUT2D eigenvalue weighted by Crippen LogP contribution is 2.22. The largest absolute Gasteiger partial charge is 0.394 e. The number of likely N-dealkylation sites (N-methyl/N-ethyl adjacent to an activating group) is 2. The molecule has 0 radical (unpaired) electrons. The summed E-state index contributed by atoms with van der Waals surface area (Å²) in [6, 6.07) is -0.381. The van der Waals surface area contributed by atoms with Crippen molar-refractivity contribution < 1.29 is 9.90 Å². The number of nitrogens with zero attached hydrogens (tertiary/aromatic N) is 2. The van der Waals surface area contributed by atoms with Crippen LogP contribution < -0.4 is 0 Å². The highest BCUT2D eigenvalue weighted by Gasteiger charge is 2.40. The standard InChI is InChI=1S/C9H18N2O2/c1-9(2)6-10(3)8(13)7(5-12)11(9)4/h7,12H,5-6H2,1-4H3. The van der Waals surface area contributed by atoms with E-state index in [-0.39, 0.29) is 24.1 Å². The molecule has 1 aliphatic rings. The van der Waals surface area contributed by atoms with E-state index in [2.05, 4.69) is 13.8 Å². The first-order valence-corrected chi connectivity index (χ1v) is 4.49. The Morgan fingerprint density at radius 2 is 2.08 bits per heavy atom. The number of hydrogen-bond acceptors (Lipinski definition) is 3. The molecule has 1 N–H and O–H groups in total. The molecule has 1 fully saturated rings. The number of amides is 1. The van der Waals surface area contributed by atoms with Crippen LogP contribution in [0.2, 0.25) is 0 Å². The third-order valence-corrected chi connectivity index (χ3v) is 2.88. The van der Waals surface area contributed by atoms with Gasteiger partial charge >= 0.3 is 0 Å². The fraction of sp³-hybridized carbons (Fsp3) is 0.889. The van der Waals surface area contributed by atoms with E-state index in [1.807, 2.05) is 11.9 Å². The normalized spacial score (nSPS) is 29.5. The van der Waals surface area contributed by atoms with E-state index in [1.165, 1.54) is 0 Å². The number of aliphatic hydroxyl groups is 1. The Morgan fingerprint density at radius 3 is 2.54 bits per heavy atom. The number of hydrogen-bond donors (Lipinski definition) is 1. The summed E-state index contributed by atoms with van der Waals surface area (Å²) >= 11 is 0. The number of carbonyl (C=O) groups excluding carboxylic acids is 1. The van der Waals surface area contributed by atoms with Crippen LogP contribution in [0.3, 0.4) is 0 Å². The minimum Gasteiger partial charge on any atom is -0.394 e. The minimum atomic E-state index is -0.381. The van der Waals surface area contributed by atoms with Crippen LogP contribution >= 0.6 is 0 Å². The zero-order valence-electron chi connectivity index (χ0n) is 8.74. The molecule has 1 amide bonds. The lowest BCUT2D eigenvalue weighted by molar-refractivity contribution is -0.148. The highest BCUT2D eigenvalue weighted by molar-refractivity contribution is 5.82. The van der Waals surface area contributed by atoms with Crippen molar-refractivity contribution >= 4 is 5.91 Å². The maximum Gasteiger partial charge on any atom is 0.242 e. The first-order valence-electron chi connectivity index (χ1n) is 4.49. The van der Waals surface area contributed by atoms with Crippen molar-refractivity contribution in [2.24, 2.45) is 0 Å². The van der Waals surface area contributed by atoms with E-state index in [1.54, 1.807) is 11.9 Å². The highest BCUT2D eigenvalue weighted by atomic mass is 16.3. The average molecular weight is 186 g/mol. The Kier molecular flexibility index (Phi) is 2.63. The summed E-state index contributed by atoms with van der Waals surface area (Å²) in [6.07, 6.45) is 0. The van der Waals surface area contributed by atoms with E-state index in [9.17, 15) is 4.79 Å². The van der Waals surface area contributed by atoms with Gasteiger partial charge in [0.05, 0.1) is 6.61 Å². The lowest BCUT2D eigenvalue weighted by Crippen LogP contribution is -2.65. The molecule has 0 aromatic heterocycles.